The van der Waals surface area contributed by atoms with E-state index in [4.69, 9.17) is 9.47 Å². The molecule has 1 heterocycles. The van der Waals surface area contributed by atoms with E-state index in [2.05, 4.69) is 11.4 Å². The van der Waals surface area contributed by atoms with Crippen molar-refractivity contribution in [2.75, 3.05) is 20.3 Å². The van der Waals surface area contributed by atoms with Crippen LogP contribution in [0.3, 0.4) is 0 Å². The molecule has 0 bridgehead atoms. The zero-order chi connectivity index (χ0) is 14.7. The molecule has 4 nitrogen and oxygen atoms in total. The molecule has 21 heavy (non-hydrogen) atoms. The summed E-state index contributed by atoms with van der Waals surface area (Å²) < 4.78 is 11.2. The van der Waals surface area contributed by atoms with Crippen LogP contribution in [0.2, 0.25) is 0 Å². The van der Waals surface area contributed by atoms with E-state index < -0.39 is 0 Å². The Kier molecular flexibility index (Phi) is 4.66. The maximum Gasteiger partial charge on any atom is 0.124 e. The van der Waals surface area contributed by atoms with E-state index in [1.54, 1.807) is 7.11 Å². The topological polar surface area (TPSA) is 50.7 Å². The van der Waals surface area contributed by atoms with Gasteiger partial charge in [0.1, 0.15) is 11.5 Å². The molecule has 2 N–H and O–H groups in total. The second-order valence-corrected chi connectivity index (χ2v) is 6.09. The molecule has 1 fully saturated rings. The molecular weight excluding hydrogens is 266 g/mol. The summed E-state index contributed by atoms with van der Waals surface area (Å²) in [6.07, 6.45) is 5.60. The highest BCUT2D eigenvalue weighted by atomic mass is 16.5. The second kappa shape index (κ2) is 6.67. The van der Waals surface area contributed by atoms with Crippen molar-refractivity contribution in [1.29, 1.82) is 0 Å². The van der Waals surface area contributed by atoms with Crippen molar-refractivity contribution in [3.05, 3.63) is 23.8 Å². The van der Waals surface area contributed by atoms with E-state index in [0.29, 0.717) is 12.0 Å². The fraction of sp³-hybridized carbons (Fsp3) is 0.647. The molecule has 0 unspecified atom stereocenters. The van der Waals surface area contributed by atoms with Crippen molar-refractivity contribution < 1.29 is 14.6 Å². The summed E-state index contributed by atoms with van der Waals surface area (Å²) in [6.45, 7) is 1.05. The van der Waals surface area contributed by atoms with Crippen LogP contribution in [0.1, 0.15) is 43.7 Å². The van der Waals surface area contributed by atoms with E-state index in [1.165, 1.54) is 12.0 Å². The Morgan fingerprint density at radius 1 is 1.29 bits per heavy atom. The quantitative estimate of drug-likeness (QED) is 0.895. The molecule has 116 valence electrons. The molecule has 1 aromatic carbocycles. The second-order valence-electron chi connectivity index (χ2n) is 6.09. The number of rotatable bonds is 4. The standard InChI is InChI=1S/C17H25NO3/c1-20-13-7-8-17-14(10-13)16(6-3-9-21-17)18-15-5-2-4-12(15)11-19/h7-8,10,12,15-16,18-19H,2-6,9,11H2,1H3/t12-,15-,16+/m0/s1. The van der Waals surface area contributed by atoms with Crippen LogP contribution in [0.5, 0.6) is 11.5 Å². The first-order chi connectivity index (χ1) is 10.3. The van der Waals surface area contributed by atoms with Crippen molar-refractivity contribution in [3.8, 4) is 11.5 Å². The largest absolute Gasteiger partial charge is 0.497 e. The molecular formula is C17H25NO3. The number of hydrogen-bond donors (Lipinski definition) is 2. The van der Waals surface area contributed by atoms with Gasteiger partial charge in [-0.25, -0.2) is 0 Å². The third kappa shape index (κ3) is 3.16. The summed E-state index contributed by atoms with van der Waals surface area (Å²) >= 11 is 0. The summed E-state index contributed by atoms with van der Waals surface area (Å²) in [7, 11) is 1.69. The minimum atomic E-state index is 0.284. The average molecular weight is 291 g/mol. The van der Waals surface area contributed by atoms with E-state index in [1.807, 2.05) is 12.1 Å². The Labute approximate surface area is 126 Å². The number of nitrogens with one attached hydrogen (secondary N) is 1. The number of aliphatic hydroxyl groups is 1. The number of hydrogen-bond acceptors (Lipinski definition) is 4. The summed E-state index contributed by atoms with van der Waals surface area (Å²) in [5.41, 5.74) is 1.19. The minimum Gasteiger partial charge on any atom is -0.497 e. The molecule has 0 radical (unpaired) electrons. The lowest BCUT2D eigenvalue weighted by molar-refractivity contribution is 0.198. The molecule has 3 rings (SSSR count). The highest BCUT2D eigenvalue weighted by molar-refractivity contribution is 5.42. The Morgan fingerprint density at radius 3 is 3.00 bits per heavy atom. The third-order valence-corrected chi connectivity index (χ3v) is 4.80. The molecule has 1 aliphatic carbocycles. The van der Waals surface area contributed by atoms with Crippen LogP contribution in [0, 0.1) is 5.92 Å². The molecule has 0 amide bonds. The van der Waals surface area contributed by atoms with Crippen LogP contribution in [-0.2, 0) is 0 Å². The van der Waals surface area contributed by atoms with Gasteiger partial charge in [0, 0.05) is 24.3 Å². The molecule has 0 saturated heterocycles. The predicted molar refractivity (Wildman–Crippen MR) is 81.8 cm³/mol. The fourth-order valence-corrected chi connectivity index (χ4v) is 3.59. The van der Waals surface area contributed by atoms with E-state index in [0.717, 1.165) is 43.8 Å². The van der Waals surface area contributed by atoms with Gasteiger partial charge in [-0.05, 0) is 49.8 Å². The van der Waals surface area contributed by atoms with Crippen LogP contribution < -0.4 is 14.8 Å². The van der Waals surface area contributed by atoms with Crippen molar-refractivity contribution in [3.63, 3.8) is 0 Å². The Bertz CT molecular complexity index is 477. The van der Waals surface area contributed by atoms with E-state index in [-0.39, 0.29) is 12.6 Å². The van der Waals surface area contributed by atoms with Gasteiger partial charge in [-0.15, -0.1) is 0 Å². The van der Waals surface area contributed by atoms with Gasteiger partial charge in [0.05, 0.1) is 13.7 Å². The smallest absolute Gasteiger partial charge is 0.124 e. The van der Waals surface area contributed by atoms with Crippen molar-refractivity contribution >= 4 is 0 Å². The van der Waals surface area contributed by atoms with Crippen molar-refractivity contribution in [2.45, 2.75) is 44.2 Å². The first-order valence-electron chi connectivity index (χ1n) is 7.99. The van der Waals surface area contributed by atoms with Gasteiger partial charge in [-0.2, -0.15) is 0 Å². The van der Waals surface area contributed by atoms with Gasteiger partial charge in [0.2, 0.25) is 0 Å². The van der Waals surface area contributed by atoms with Crippen LogP contribution >= 0.6 is 0 Å². The van der Waals surface area contributed by atoms with Crippen LogP contribution in [0.4, 0.5) is 0 Å². The van der Waals surface area contributed by atoms with Gasteiger partial charge in [-0.1, -0.05) is 6.42 Å². The molecule has 1 aliphatic heterocycles. The van der Waals surface area contributed by atoms with Gasteiger partial charge >= 0.3 is 0 Å². The monoisotopic (exact) mass is 291 g/mol. The number of methoxy groups -OCH3 is 1. The summed E-state index contributed by atoms with van der Waals surface area (Å²) in [5.74, 6) is 2.23. The van der Waals surface area contributed by atoms with Crippen LogP contribution in [0.15, 0.2) is 18.2 Å². The first kappa shape index (κ1) is 14.7. The maximum atomic E-state index is 9.51. The van der Waals surface area contributed by atoms with Gasteiger partial charge in [0.15, 0.2) is 0 Å². The Morgan fingerprint density at radius 2 is 2.19 bits per heavy atom. The van der Waals surface area contributed by atoms with Gasteiger partial charge in [0.25, 0.3) is 0 Å². The summed E-state index contributed by atoms with van der Waals surface area (Å²) in [4.78, 5) is 0. The number of ether oxygens (including phenoxy) is 2. The number of benzene rings is 1. The normalized spacial score (nSPS) is 28.6. The molecule has 0 spiro atoms. The molecule has 0 aromatic heterocycles. The van der Waals surface area contributed by atoms with E-state index in [9.17, 15) is 5.11 Å². The molecule has 1 saturated carbocycles. The molecule has 1 aromatic rings. The molecule has 4 heteroatoms. The van der Waals surface area contributed by atoms with Gasteiger partial charge in [-0.3, -0.25) is 0 Å². The third-order valence-electron chi connectivity index (χ3n) is 4.80. The lowest BCUT2D eigenvalue weighted by atomic mass is 9.97. The van der Waals surface area contributed by atoms with Crippen LogP contribution in [0.25, 0.3) is 0 Å². The lowest BCUT2D eigenvalue weighted by Gasteiger charge is -2.26. The fourth-order valence-electron chi connectivity index (χ4n) is 3.59. The zero-order valence-corrected chi connectivity index (χ0v) is 12.7. The zero-order valence-electron chi connectivity index (χ0n) is 12.7. The summed E-state index contributed by atoms with van der Waals surface area (Å²) in [6, 6.07) is 6.74. The number of fused-ring (bicyclic) bond motifs is 1. The lowest BCUT2D eigenvalue weighted by Crippen LogP contribution is -2.36. The minimum absolute atomic E-state index is 0.284. The molecule has 3 atom stereocenters. The Hall–Kier alpha value is -1.26. The van der Waals surface area contributed by atoms with Crippen molar-refractivity contribution in [1.82, 2.24) is 5.32 Å². The highest BCUT2D eigenvalue weighted by Crippen LogP contribution is 2.36. The maximum absolute atomic E-state index is 9.51. The Balaban J connectivity index is 1.82. The van der Waals surface area contributed by atoms with E-state index >= 15 is 0 Å². The SMILES string of the molecule is COc1ccc2c(c1)[C@H](N[C@H]1CCC[C@H]1CO)CCCO2. The first-order valence-corrected chi connectivity index (χ1v) is 7.99. The predicted octanol–water partition coefficient (Wildman–Crippen LogP) is 2.66. The molecule has 2 aliphatic rings. The number of aliphatic hydroxyl groups excluding tert-OH is 1. The average Bonchev–Trinajstić information content (AvgIpc) is 2.87. The summed E-state index contributed by atoms with van der Waals surface area (Å²) in [5, 5.41) is 13.3. The van der Waals surface area contributed by atoms with Gasteiger partial charge < -0.3 is 19.9 Å². The highest BCUT2D eigenvalue weighted by Gasteiger charge is 2.30. The van der Waals surface area contributed by atoms with Crippen molar-refractivity contribution in [2.24, 2.45) is 5.92 Å². The van der Waals surface area contributed by atoms with Crippen LogP contribution in [-0.4, -0.2) is 31.5 Å².